The highest BCUT2D eigenvalue weighted by atomic mass is 79.9. The molecular weight excluding hydrogens is 320 g/mol. The number of nitrogens with zero attached hydrogens (tertiary/aromatic N) is 2. The van der Waals surface area contributed by atoms with Gasteiger partial charge in [0.25, 0.3) is 0 Å². The summed E-state index contributed by atoms with van der Waals surface area (Å²) >= 11 is 3.38. The zero-order valence-electron chi connectivity index (χ0n) is 12.0. The molecule has 4 nitrogen and oxygen atoms in total. The largest absolute Gasteiger partial charge is 0.458 e. The molecule has 2 rings (SSSR count). The lowest BCUT2D eigenvalue weighted by molar-refractivity contribution is 0.0206. The molecule has 1 aromatic carbocycles. The molecule has 1 unspecified atom stereocenters. The summed E-state index contributed by atoms with van der Waals surface area (Å²) in [5.74, 6) is -0.265. The summed E-state index contributed by atoms with van der Waals surface area (Å²) in [5.41, 5.74) is 0.581. The van der Waals surface area contributed by atoms with Gasteiger partial charge in [0.15, 0.2) is 0 Å². The molecule has 0 aromatic heterocycles. The van der Waals surface area contributed by atoms with Crippen molar-refractivity contribution in [1.82, 2.24) is 9.80 Å². The van der Waals surface area contributed by atoms with E-state index in [0.29, 0.717) is 5.56 Å². The molecule has 0 aliphatic carbocycles. The van der Waals surface area contributed by atoms with Crippen molar-refractivity contribution >= 4 is 21.9 Å². The molecule has 0 N–H and O–H groups in total. The topological polar surface area (TPSA) is 32.8 Å². The lowest BCUT2D eigenvalue weighted by Crippen LogP contribution is -2.47. The van der Waals surface area contributed by atoms with Crippen LogP contribution in [0.1, 0.15) is 17.3 Å². The van der Waals surface area contributed by atoms with Gasteiger partial charge in [-0.15, -0.1) is 0 Å². The lowest BCUT2D eigenvalue weighted by atomic mass is 10.2. The molecule has 1 aliphatic heterocycles. The Balaban J connectivity index is 1.84. The zero-order chi connectivity index (χ0) is 14.5. The van der Waals surface area contributed by atoms with Gasteiger partial charge >= 0.3 is 5.97 Å². The van der Waals surface area contributed by atoms with Gasteiger partial charge in [0, 0.05) is 37.2 Å². The van der Waals surface area contributed by atoms with Crippen LogP contribution in [0.3, 0.4) is 0 Å². The van der Waals surface area contributed by atoms with Gasteiger partial charge in [-0.3, -0.25) is 4.90 Å². The fourth-order valence-corrected chi connectivity index (χ4v) is 2.75. The first-order chi connectivity index (χ1) is 9.56. The van der Waals surface area contributed by atoms with Crippen molar-refractivity contribution in [2.24, 2.45) is 0 Å². The Hall–Kier alpha value is -0.910. The third-order valence-corrected chi connectivity index (χ3v) is 4.20. The first-order valence-corrected chi connectivity index (χ1v) is 7.72. The molecule has 1 aromatic rings. The fourth-order valence-electron chi connectivity index (χ4n) is 2.30. The second-order valence-electron chi connectivity index (χ2n) is 5.30. The number of benzene rings is 1. The minimum atomic E-state index is -0.265. The molecular formula is C15H21BrN2O2. The van der Waals surface area contributed by atoms with E-state index in [0.717, 1.165) is 37.2 Å². The molecule has 0 bridgehead atoms. The van der Waals surface area contributed by atoms with Crippen molar-refractivity contribution in [1.29, 1.82) is 0 Å². The van der Waals surface area contributed by atoms with E-state index in [1.807, 2.05) is 25.1 Å². The van der Waals surface area contributed by atoms with Gasteiger partial charge in [-0.1, -0.05) is 12.1 Å². The Morgan fingerprint density at radius 1 is 1.30 bits per heavy atom. The molecule has 0 saturated carbocycles. The van der Waals surface area contributed by atoms with Gasteiger partial charge in [-0.2, -0.15) is 0 Å². The first-order valence-electron chi connectivity index (χ1n) is 6.92. The molecule has 1 aliphatic rings. The summed E-state index contributed by atoms with van der Waals surface area (Å²) in [4.78, 5) is 16.7. The number of carbonyl (C=O) groups is 1. The minimum Gasteiger partial charge on any atom is -0.458 e. The Labute approximate surface area is 128 Å². The van der Waals surface area contributed by atoms with Gasteiger partial charge in [-0.25, -0.2) is 4.79 Å². The molecule has 1 saturated heterocycles. The van der Waals surface area contributed by atoms with Crippen LogP contribution in [0.25, 0.3) is 0 Å². The van der Waals surface area contributed by atoms with Crippen LogP contribution in [-0.2, 0) is 4.74 Å². The Morgan fingerprint density at radius 2 is 1.95 bits per heavy atom. The number of hydrogen-bond acceptors (Lipinski definition) is 4. The highest BCUT2D eigenvalue weighted by molar-refractivity contribution is 9.10. The van der Waals surface area contributed by atoms with Crippen molar-refractivity contribution in [2.75, 3.05) is 39.8 Å². The normalized spacial score (nSPS) is 18.8. The van der Waals surface area contributed by atoms with E-state index in [1.165, 1.54) is 0 Å². The van der Waals surface area contributed by atoms with E-state index in [4.69, 9.17) is 4.74 Å². The SMILES string of the molecule is CC(CN1CCN(C)CC1)OC(=O)c1ccccc1Br. The predicted molar refractivity (Wildman–Crippen MR) is 83.0 cm³/mol. The van der Waals surface area contributed by atoms with Crippen LogP contribution in [-0.4, -0.2) is 61.6 Å². The standard InChI is InChI=1S/C15H21BrN2O2/c1-12(11-18-9-7-17(2)8-10-18)20-15(19)13-5-3-4-6-14(13)16/h3-6,12H,7-11H2,1-2H3. The van der Waals surface area contributed by atoms with Crippen molar-refractivity contribution < 1.29 is 9.53 Å². The van der Waals surface area contributed by atoms with Crippen molar-refractivity contribution in [3.8, 4) is 0 Å². The summed E-state index contributed by atoms with van der Waals surface area (Å²) in [6.45, 7) is 6.97. The third kappa shape index (κ3) is 4.30. The maximum Gasteiger partial charge on any atom is 0.339 e. The number of carbonyl (C=O) groups excluding carboxylic acids is 1. The highest BCUT2D eigenvalue weighted by Crippen LogP contribution is 2.17. The van der Waals surface area contributed by atoms with Crippen LogP contribution < -0.4 is 0 Å². The molecule has 0 amide bonds. The van der Waals surface area contributed by atoms with E-state index < -0.39 is 0 Å². The molecule has 1 heterocycles. The van der Waals surface area contributed by atoms with E-state index in [-0.39, 0.29) is 12.1 Å². The maximum atomic E-state index is 12.1. The summed E-state index contributed by atoms with van der Waals surface area (Å²) in [6, 6.07) is 7.34. The average Bonchev–Trinajstić information content (AvgIpc) is 2.41. The average molecular weight is 341 g/mol. The lowest BCUT2D eigenvalue weighted by Gasteiger charge is -2.33. The second-order valence-corrected chi connectivity index (χ2v) is 6.15. The zero-order valence-corrected chi connectivity index (χ0v) is 13.6. The summed E-state index contributed by atoms with van der Waals surface area (Å²) < 4.78 is 6.30. The number of hydrogen-bond donors (Lipinski definition) is 0. The molecule has 1 fully saturated rings. The molecule has 110 valence electrons. The van der Waals surface area contributed by atoms with Gasteiger partial charge in [0.1, 0.15) is 6.10 Å². The molecule has 5 heteroatoms. The fraction of sp³-hybridized carbons (Fsp3) is 0.533. The number of esters is 1. The quantitative estimate of drug-likeness (QED) is 0.787. The summed E-state index contributed by atoms with van der Waals surface area (Å²) in [5, 5.41) is 0. The van der Waals surface area contributed by atoms with Gasteiger partial charge in [0.2, 0.25) is 0 Å². The number of ether oxygens (including phenoxy) is 1. The van der Waals surface area contributed by atoms with Crippen LogP contribution in [0.15, 0.2) is 28.7 Å². The van der Waals surface area contributed by atoms with Crippen LogP contribution in [0.2, 0.25) is 0 Å². The molecule has 20 heavy (non-hydrogen) atoms. The van der Waals surface area contributed by atoms with Crippen LogP contribution in [0.4, 0.5) is 0 Å². The van der Waals surface area contributed by atoms with Crippen molar-refractivity contribution in [3.63, 3.8) is 0 Å². The van der Waals surface area contributed by atoms with Crippen LogP contribution >= 0.6 is 15.9 Å². The molecule has 0 spiro atoms. The van der Waals surface area contributed by atoms with Gasteiger partial charge in [0.05, 0.1) is 5.56 Å². The van der Waals surface area contributed by atoms with E-state index in [9.17, 15) is 4.79 Å². The highest BCUT2D eigenvalue weighted by Gasteiger charge is 2.19. The van der Waals surface area contributed by atoms with Gasteiger partial charge < -0.3 is 9.64 Å². The van der Waals surface area contributed by atoms with E-state index in [2.05, 4.69) is 32.8 Å². The number of halogens is 1. The third-order valence-electron chi connectivity index (χ3n) is 3.51. The number of piperazine rings is 1. The summed E-state index contributed by atoms with van der Waals surface area (Å²) in [6.07, 6.45) is -0.0991. The van der Waals surface area contributed by atoms with Crippen LogP contribution in [0.5, 0.6) is 0 Å². The van der Waals surface area contributed by atoms with Crippen molar-refractivity contribution in [3.05, 3.63) is 34.3 Å². The second kappa shape index (κ2) is 7.20. The predicted octanol–water partition coefficient (Wildman–Crippen LogP) is 2.24. The maximum absolute atomic E-state index is 12.1. The van der Waals surface area contributed by atoms with Gasteiger partial charge in [-0.05, 0) is 42.0 Å². The Morgan fingerprint density at radius 3 is 2.60 bits per heavy atom. The number of likely N-dealkylation sites (N-methyl/N-ethyl adjacent to an activating group) is 1. The van der Waals surface area contributed by atoms with Crippen LogP contribution in [0, 0.1) is 0 Å². The van der Waals surface area contributed by atoms with Crippen molar-refractivity contribution in [2.45, 2.75) is 13.0 Å². The smallest absolute Gasteiger partial charge is 0.339 e. The molecule has 0 radical (unpaired) electrons. The first kappa shape index (κ1) is 15.5. The van der Waals surface area contributed by atoms with E-state index in [1.54, 1.807) is 6.07 Å². The Kier molecular flexibility index (Phi) is 5.57. The van der Waals surface area contributed by atoms with E-state index >= 15 is 0 Å². The molecule has 1 atom stereocenters. The Bertz CT molecular complexity index is 459. The number of rotatable bonds is 4. The minimum absolute atomic E-state index is 0.0991. The summed E-state index contributed by atoms with van der Waals surface area (Å²) in [7, 11) is 2.13. The monoisotopic (exact) mass is 340 g/mol.